The fourth-order valence-corrected chi connectivity index (χ4v) is 2.00. The average molecular weight is 257 g/mol. The van der Waals surface area contributed by atoms with Crippen LogP contribution in [0.25, 0.3) is 0 Å². The number of pyridine rings is 1. The summed E-state index contributed by atoms with van der Waals surface area (Å²) in [6.07, 6.45) is 4.91. The first-order valence-corrected chi connectivity index (χ1v) is 5.76. The summed E-state index contributed by atoms with van der Waals surface area (Å²) >= 11 is 3.44. The summed E-state index contributed by atoms with van der Waals surface area (Å²) in [5.41, 5.74) is 1.25. The van der Waals surface area contributed by atoms with Gasteiger partial charge in [-0.25, -0.2) is 0 Å². The first-order valence-electron chi connectivity index (χ1n) is 4.96. The number of hydrogen-bond acceptors (Lipinski definition) is 2. The average Bonchev–Trinajstić information content (AvgIpc) is 2.19. The maximum atomic E-state index is 4.18. The molecule has 0 aliphatic carbocycles. The molecule has 0 radical (unpaired) electrons. The predicted molar refractivity (Wildman–Crippen MR) is 63.2 cm³/mol. The summed E-state index contributed by atoms with van der Waals surface area (Å²) in [6.45, 7) is 4.46. The van der Waals surface area contributed by atoms with Gasteiger partial charge in [0.05, 0.1) is 0 Å². The first-order chi connectivity index (χ1) is 6.69. The van der Waals surface area contributed by atoms with Crippen LogP contribution in [0.15, 0.2) is 22.9 Å². The first kappa shape index (κ1) is 11.7. The number of aromatic nitrogens is 1. The van der Waals surface area contributed by atoms with Gasteiger partial charge >= 0.3 is 0 Å². The van der Waals surface area contributed by atoms with Gasteiger partial charge in [0.15, 0.2) is 0 Å². The lowest BCUT2D eigenvalue weighted by Crippen LogP contribution is -2.23. The molecular weight excluding hydrogens is 240 g/mol. The van der Waals surface area contributed by atoms with Crippen LogP contribution in [0.5, 0.6) is 0 Å². The van der Waals surface area contributed by atoms with Crippen molar-refractivity contribution in [2.45, 2.75) is 26.3 Å². The van der Waals surface area contributed by atoms with Gasteiger partial charge in [-0.1, -0.05) is 20.3 Å². The molecule has 14 heavy (non-hydrogen) atoms. The molecule has 1 heterocycles. The quantitative estimate of drug-likeness (QED) is 0.896. The molecule has 2 nitrogen and oxygen atoms in total. The summed E-state index contributed by atoms with van der Waals surface area (Å²) in [4.78, 5) is 4.18. The number of nitrogens with zero attached hydrogens (tertiary/aromatic N) is 1. The minimum absolute atomic E-state index is 0.394. The lowest BCUT2D eigenvalue weighted by Gasteiger charge is -2.22. The molecule has 0 aliphatic heterocycles. The lowest BCUT2D eigenvalue weighted by atomic mass is 9.94. The highest BCUT2D eigenvalue weighted by molar-refractivity contribution is 9.10. The van der Waals surface area contributed by atoms with Crippen molar-refractivity contribution in [2.75, 3.05) is 7.05 Å². The SMILES string of the molecule is CCC(C)C(NC)c1cncc(Br)c1. The van der Waals surface area contributed by atoms with Gasteiger partial charge in [0, 0.05) is 22.9 Å². The Hall–Kier alpha value is -0.410. The Morgan fingerprint density at radius 2 is 2.21 bits per heavy atom. The number of nitrogens with one attached hydrogen (secondary N) is 1. The van der Waals surface area contributed by atoms with Gasteiger partial charge in [-0.2, -0.15) is 0 Å². The van der Waals surface area contributed by atoms with Crippen LogP contribution in [0.4, 0.5) is 0 Å². The van der Waals surface area contributed by atoms with E-state index in [4.69, 9.17) is 0 Å². The van der Waals surface area contributed by atoms with E-state index in [0.717, 1.165) is 10.9 Å². The van der Waals surface area contributed by atoms with Crippen molar-refractivity contribution < 1.29 is 0 Å². The van der Waals surface area contributed by atoms with Gasteiger partial charge in [-0.05, 0) is 40.5 Å². The van der Waals surface area contributed by atoms with Gasteiger partial charge in [-0.3, -0.25) is 4.98 Å². The standard InChI is InChI=1S/C11H17BrN2/c1-4-8(2)11(13-3)9-5-10(12)7-14-6-9/h5-8,11,13H,4H2,1-3H3. The van der Waals surface area contributed by atoms with Crippen LogP contribution in [0.2, 0.25) is 0 Å². The molecule has 0 saturated carbocycles. The Labute approximate surface area is 94.3 Å². The predicted octanol–water partition coefficient (Wildman–Crippen LogP) is 3.15. The Bertz CT molecular complexity index is 288. The zero-order valence-corrected chi connectivity index (χ0v) is 10.5. The van der Waals surface area contributed by atoms with Crippen molar-refractivity contribution in [3.05, 3.63) is 28.5 Å². The van der Waals surface area contributed by atoms with E-state index >= 15 is 0 Å². The molecule has 3 heteroatoms. The van der Waals surface area contributed by atoms with E-state index < -0.39 is 0 Å². The van der Waals surface area contributed by atoms with E-state index in [1.54, 1.807) is 0 Å². The second-order valence-electron chi connectivity index (χ2n) is 3.59. The third kappa shape index (κ3) is 2.79. The fourth-order valence-electron chi connectivity index (χ4n) is 1.61. The smallest absolute Gasteiger partial charge is 0.0410 e. The highest BCUT2D eigenvalue weighted by Gasteiger charge is 2.15. The molecule has 2 unspecified atom stereocenters. The van der Waals surface area contributed by atoms with Crippen LogP contribution in [-0.2, 0) is 0 Å². The normalized spacial score (nSPS) is 15.1. The van der Waals surface area contributed by atoms with Crippen LogP contribution in [0, 0.1) is 5.92 Å². The van der Waals surface area contributed by atoms with Crippen molar-refractivity contribution >= 4 is 15.9 Å². The largest absolute Gasteiger partial charge is 0.313 e. The minimum Gasteiger partial charge on any atom is -0.313 e. The summed E-state index contributed by atoms with van der Waals surface area (Å²) in [5, 5.41) is 3.34. The molecule has 0 amide bonds. The molecule has 0 fully saturated rings. The molecule has 2 atom stereocenters. The molecule has 78 valence electrons. The summed E-state index contributed by atoms with van der Waals surface area (Å²) in [6, 6.07) is 2.52. The van der Waals surface area contributed by atoms with Crippen LogP contribution in [0.1, 0.15) is 31.9 Å². The van der Waals surface area contributed by atoms with Gasteiger partial charge in [0.1, 0.15) is 0 Å². The van der Waals surface area contributed by atoms with Crippen molar-refractivity contribution in [1.29, 1.82) is 0 Å². The van der Waals surface area contributed by atoms with E-state index in [-0.39, 0.29) is 0 Å². The molecule has 1 aromatic rings. The van der Waals surface area contributed by atoms with Crippen LogP contribution >= 0.6 is 15.9 Å². The van der Waals surface area contributed by atoms with Crippen molar-refractivity contribution in [3.8, 4) is 0 Å². The minimum atomic E-state index is 0.394. The molecule has 0 aromatic carbocycles. The monoisotopic (exact) mass is 256 g/mol. The molecular formula is C11H17BrN2. The molecule has 0 spiro atoms. The molecule has 0 aliphatic rings. The second-order valence-corrected chi connectivity index (χ2v) is 4.50. The van der Waals surface area contributed by atoms with Crippen molar-refractivity contribution in [3.63, 3.8) is 0 Å². The third-order valence-corrected chi connectivity index (χ3v) is 3.04. The molecule has 1 aromatic heterocycles. The van der Waals surface area contributed by atoms with E-state index in [9.17, 15) is 0 Å². The van der Waals surface area contributed by atoms with Gasteiger partial charge in [0.2, 0.25) is 0 Å². The molecule has 0 saturated heterocycles. The number of hydrogen-bond donors (Lipinski definition) is 1. The molecule has 1 rings (SSSR count). The number of rotatable bonds is 4. The lowest BCUT2D eigenvalue weighted by molar-refractivity contribution is 0.399. The summed E-state index contributed by atoms with van der Waals surface area (Å²) < 4.78 is 1.04. The van der Waals surface area contributed by atoms with Crippen molar-refractivity contribution in [1.82, 2.24) is 10.3 Å². The summed E-state index contributed by atoms with van der Waals surface area (Å²) in [7, 11) is 2.00. The molecule has 1 N–H and O–H groups in total. The maximum absolute atomic E-state index is 4.18. The maximum Gasteiger partial charge on any atom is 0.0410 e. The molecule has 0 bridgehead atoms. The Morgan fingerprint density at radius 3 is 2.71 bits per heavy atom. The van der Waals surface area contributed by atoms with E-state index in [1.807, 2.05) is 19.4 Å². The third-order valence-electron chi connectivity index (χ3n) is 2.61. The zero-order chi connectivity index (χ0) is 10.6. The number of halogens is 1. The Balaban J connectivity index is 2.89. The van der Waals surface area contributed by atoms with E-state index in [2.05, 4.69) is 46.1 Å². The zero-order valence-electron chi connectivity index (χ0n) is 8.92. The van der Waals surface area contributed by atoms with Crippen LogP contribution in [0.3, 0.4) is 0 Å². The van der Waals surface area contributed by atoms with Gasteiger partial charge < -0.3 is 5.32 Å². The summed E-state index contributed by atoms with van der Waals surface area (Å²) in [5.74, 6) is 0.621. The van der Waals surface area contributed by atoms with Gasteiger partial charge in [0.25, 0.3) is 0 Å². The highest BCUT2D eigenvalue weighted by atomic mass is 79.9. The van der Waals surface area contributed by atoms with Crippen LogP contribution < -0.4 is 5.32 Å². The highest BCUT2D eigenvalue weighted by Crippen LogP contribution is 2.24. The topological polar surface area (TPSA) is 24.9 Å². The Morgan fingerprint density at radius 1 is 1.50 bits per heavy atom. The van der Waals surface area contributed by atoms with Crippen LogP contribution in [-0.4, -0.2) is 12.0 Å². The Kier molecular flexibility index (Phi) is 4.55. The fraction of sp³-hybridized carbons (Fsp3) is 0.545. The van der Waals surface area contributed by atoms with Crippen molar-refractivity contribution in [2.24, 2.45) is 5.92 Å². The van der Waals surface area contributed by atoms with E-state index in [1.165, 1.54) is 5.56 Å². The van der Waals surface area contributed by atoms with E-state index in [0.29, 0.717) is 12.0 Å². The second kappa shape index (κ2) is 5.47. The van der Waals surface area contributed by atoms with Gasteiger partial charge in [-0.15, -0.1) is 0 Å².